The normalized spacial score (nSPS) is 14.3. The van der Waals surface area contributed by atoms with Gasteiger partial charge < -0.3 is 19.9 Å². The van der Waals surface area contributed by atoms with Crippen LogP contribution in [0, 0.1) is 11.7 Å². The minimum absolute atomic E-state index is 0.0229. The number of rotatable bonds is 7. The summed E-state index contributed by atoms with van der Waals surface area (Å²) in [4.78, 5) is 27.6. The van der Waals surface area contributed by atoms with E-state index in [1.165, 1.54) is 11.0 Å². The molecule has 2 amide bonds. The van der Waals surface area contributed by atoms with Crippen molar-refractivity contribution >= 4 is 17.8 Å². The number of carbonyl (C=O) groups is 2. The molecule has 190 valence electrons. The minimum Gasteiger partial charge on any atom is -0.390 e. The number of hydrogen-bond donors (Lipinski definition) is 1. The van der Waals surface area contributed by atoms with E-state index >= 15 is 0 Å². The molecule has 35 heavy (non-hydrogen) atoms. The van der Waals surface area contributed by atoms with Crippen molar-refractivity contribution in [2.45, 2.75) is 32.9 Å². The van der Waals surface area contributed by atoms with E-state index in [2.05, 4.69) is 29.4 Å². The molecule has 3 rings (SSSR count). The highest BCUT2D eigenvalue weighted by atomic mass is 19.4. The van der Waals surface area contributed by atoms with Crippen LogP contribution in [0.1, 0.15) is 42.6 Å². The number of benzene rings is 1. The van der Waals surface area contributed by atoms with E-state index in [1.807, 2.05) is 0 Å². The molecule has 12 heteroatoms. The summed E-state index contributed by atoms with van der Waals surface area (Å²) in [5.74, 6) is -0.768. The Morgan fingerprint density at radius 3 is 2.40 bits per heavy atom. The minimum atomic E-state index is -4.77. The van der Waals surface area contributed by atoms with Crippen LogP contribution in [-0.2, 0) is 6.18 Å². The number of aromatic nitrogens is 2. The van der Waals surface area contributed by atoms with Crippen LogP contribution in [0.15, 0.2) is 30.3 Å². The molecule has 2 heterocycles. The first-order chi connectivity index (χ1) is 16.5. The van der Waals surface area contributed by atoms with Crippen LogP contribution < -0.4 is 15.0 Å². The lowest BCUT2D eigenvalue weighted by Gasteiger charge is -2.35. The van der Waals surface area contributed by atoms with Gasteiger partial charge in [-0.3, -0.25) is 4.79 Å². The molecule has 8 nitrogen and oxygen atoms in total. The lowest BCUT2D eigenvalue weighted by molar-refractivity contribution is -0.138. The standard InChI is InChI=1S/C23H27F4N5O3/c1-15(2)4-3-9-28-22(34)35-20-8-7-19(29-30-20)31-10-12-32(13-11-31)21(33)17-14-16(24)5-6-18(17)23(25,26)27/h5-8,14-15H,3-4,9-13H2,1-2H3,(H,28,34). The van der Waals surface area contributed by atoms with Crippen LogP contribution >= 0.6 is 0 Å². The molecule has 0 unspecified atom stereocenters. The number of piperazine rings is 1. The van der Waals surface area contributed by atoms with Crippen LogP contribution in [0.3, 0.4) is 0 Å². The number of carbonyl (C=O) groups excluding carboxylic acids is 2. The first kappa shape index (κ1) is 26.2. The van der Waals surface area contributed by atoms with Crippen molar-refractivity contribution in [1.82, 2.24) is 20.4 Å². The van der Waals surface area contributed by atoms with E-state index in [1.54, 1.807) is 11.0 Å². The topological polar surface area (TPSA) is 87.7 Å². The number of alkyl halides is 3. The van der Waals surface area contributed by atoms with Gasteiger partial charge in [-0.15, -0.1) is 10.2 Å². The lowest BCUT2D eigenvalue weighted by atomic mass is 10.0. The summed E-state index contributed by atoms with van der Waals surface area (Å²) in [6, 6.07) is 4.95. The average molecular weight is 497 g/mol. The number of nitrogens with one attached hydrogen (secondary N) is 1. The monoisotopic (exact) mass is 497 g/mol. The first-order valence-corrected chi connectivity index (χ1v) is 11.2. The Bertz CT molecular complexity index is 1020. The van der Waals surface area contributed by atoms with Gasteiger partial charge in [-0.2, -0.15) is 13.2 Å². The summed E-state index contributed by atoms with van der Waals surface area (Å²) in [6.07, 6.45) is -3.58. The van der Waals surface area contributed by atoms with Gasteiger partial charge in [0.1, 0.15) is 5.82 Å². The van der Waals surface area contributed by atoms with Crippen molar-refractivity contribution in [2.75, 3.05) is 37.6 Å². The Hall–Kier alpha value is -3.44. The third-order valence-corrected chi connectivity index (χ3v) is 5.46. The van der Waals surface area contributed by atoms with Crippen molar-refractivity contribution < 1.29 is 31.9 Å². The first-order valence-electron chi connectivity index (χ1n) is 11.2. The Labute approximate surface area is 200 Å². The van der Waals surface area contributed by atoms with Gasteiger partial charge in [0, 0.05) is 38.8 Å². The van der Waals surface area contributed by atoms with Gasteiger partial charge in [-0.25, -0.2) is 9.18 Å². The quantitative estimate of drug-likeness (QED) is 0.458. The van der Waals surface area contributed by atoms with E-state index in [9.17, 15) is 27.2 Å². The second kappa shape index (κ2) is 11.3. The van der Waals surface area contributed by atoms with Crippen LogP contribution in [-0.4, -0.2) is 59.8 Å². The SMILES string of the molecule is CC(C)CCCNC(=O)Oc1ccc(N2CCN(C(=O)c3cc(F)ccc3C(F)(F)F)CC2)nn1. The molecule has 1 aliphatic rings. The number of anilines is 1. The predicted molar refractivity (Wildman–Crippen MR) is 120 cm³/mol. The molecule has 0 radical (unpaired) electrons. The molecule has 0 atom stereocenters. The molecule has 1 aromatic heterocycles. The van der Waals surface area contributed by atoms with Crippen LogP contribution in [0.5, 0.6) is 5.88 Å². The van der Waals surface area contributed by atoms with Gasteiger partial charge in [-0.1, -0.05) is 13.8 Å². The van der Waals surface area contributed by atoms with Gasteiger partial charge >= 0.3 is 12.3 Å². The molecule has 0 bridgehead atoms. The third-order valence-electron chi connectivity index (χ3n) is 5.46. The van der Waals surface area contributed by atoms with Crippen LogP contribution in [0.25, 0.3) is 0 Å². The second-order valence-electron chi connectivity index (χ2n) is 8.55. The Morgan fingerprint density at radius 1 is 1.09 bits per heavy atom. The smallest absolute Gasteiger partial charge is 0.390 e. The van der Waals surface area contributed by atoms with E-state index in [0.717, 1.165) is 12.8 Å². The van der Waals surface area contributed by atoms with Gasteiger partial charge in [0.25, 0.3) is 5.91 Å². The number of hydrogen-bond acceptors (Lipinski definition) is 6. The fraction of sp³-hybridized carbons (Fsp3) is 0.478. The lowest BCUT2D eigenvalue weighted by Crippen LogP contribution is -2.49. The highest BCUT2D eigenvalue weighted by Crippen LogP contribution is 2.33. The Morgan fingerprint density at radius 2 is 1.80 bits per heavy atom. The number of halogens is 4. The van der Waals surface area contributed by atoms with E-state index in [0.29, 0.717) is 36.5 Å². The van der Waals surface area contributed by atoms with Crippen molar-refractivity contribution in [3.8, 4) is 5.88 Å². The fourth-order valence-corrected chi connectivity index (χ4v) is 3.62. The van der Waals surface area contributed by atoms with E-state index in [4.69, 9.17) is 4.74 Å². The van der Waals surface area contributed by atoms with E-state index < -0.39 is 35.1 Å². The Balaban J connectivity index is 1.53. The average Bonchev–Trinajstić information content (AvgIpc) is 2.81. The number of ether oxygens (including phenoxy) is 1. The highest BCUT2D eigenvalue weighted by molar-refractivity contribution is 5.96. The third kappa shape index (κ3) is 7.27. The van der Waals surface area contributed by atoms with Gasteiger partial charge in [0.15, 0.2) is 5.82 Å². The fourth-order valence-electron chi connectivity index (χ4n) is 3.62. The summed E-state index contributed by atoms with van der Waals surface area (Å²) in [6.45, 7) is 5.49. The molecular weight excluding hydrogens is 470 g/mol. The second-order valence-corrected chi connectivity index (χ2v) is 8.55. The van der Waals surface area contributed by atoms with Gasteiger partial charge in [0.2, 0.25) is 5.88 Å². The Kier molecular flexibility index (Phi) is 8.47. The zero-order chi connectivity index (χ0) is 25.6. The molecule has 0 saturated carbocycles. The zero-order valence-corrected chi connectivity index (χ0v) is 19.4. The van der Waals surface area contributed by atoms with Gasteiger partial charge in [0.05, 0.1) is 11.1 Å². The van der Waals surface area contributed by atoms with Crippen molar-refractivity contribution in [2.24, 2.45) is 5.92 Å². The maximum absolute atomic E-state index is 13.6. The van der Waals surface area contributed by atoms with Crippen molar-refractivity contribution in [3.05, 3.63) is 47.3 Å². The van der Waals surface area contributed by atoms with Crippen molar-refractivity contribution in [3.63, 3.8) is 0 Å². The summed E-state index contributed by atoms with van der Waals surface area (Å²) < 4.78 is 58.4. The maximum atomic E-state index is 13.6. The van der Waals surface area contributed by atoms with Gasteiger partial charge in [-0.05, 0) is 43.0 Å². The summed E-state index contributed by atoms with van der Waals surface area (Å²) in [5, 5.41) is 10.5. The number of nitrogens with zero attached hydrogens (tertiary/aromatic N) is 4. The van der Waals surface area contributed by atoms with Crippen LogP contribution in [0.2, 0.25) is 0 Å². The largest absolute Gasteiger partial charge is 0.417 e. The molecule has 1 aliphatic heterocycles. The molecule has 0 aliphatic carbocycles. The predicted octanol–water partition coefficient (Wildman–Crippen LogP) is 4.12. The molecule has 1 N–H and O–H groups in total. The molecule has 1 saturated heterocycles. The van der Waals surface area contributed by atoms with Crippen molar-refractivity contribution in [1.29, 1.82) is 0 Å². The molecule has 0 spiro atoms. The summed E-state index contributed by atoms with van der Waals surface area (Å²) >= 11 is 0. The molecule has 2 aromatic rings. The zero-order valence-electron chi connectivity index (χ0n) is 19.4. The summed E-state index contributed by atoms with van der Waals surface area (Å²) in [5.41, 5.74) is -1.88. The molecule has 1 aromatic carbocycles. The van der Waals surface area contributed by atoms with Crippen LogP contribution in [0.4, 0.5) is 28.2 Å². The highest BCUT2D eigenvalue weighted by Gasteiger charge is 2.37. The molecule has 1 fully saturated rings. The summed E-state index contributed by atoms with van der Waals surface area (Å²) in [7, 11) is 0. The van der Waals surface area contributed by atoms with E-state index in [-0.39, 0.29) is 32.1 Å². The maximum Gasteiger partial charge on any atom is 0.417 e. The molecular formula is C23H27F4N5O3. The number of amides is 2.